The summed E-state index contributed by atoms with van der Waals surface area (Å²) in [5.74, 6) is -0.0371. The van der Waals surface area contributed by atoms with Crippen LogP contribution in [0.1, 0.15) is 34.7 Å². The van der Waals surface area contributed by atoms with Gasteiger partial charge in [-0.25, -0.2) is 4.98 Å². The van der Waals surface area contributed by atoms with E-state index in [-0.39, 0.29) is 11.8 Å². The molecule has 5 nitrogen and oxygen atoms in total. The first-order valence-electron chi connectivity index (χ1n) is 11.0. The van der Waals surface area contributed by atoms with Crippen molar-refractivity contribution in [1.82, 2.24) is 14.7 Å². The van der Waals surface area contributed by atoms with Crippen molar-refractivity contribution >= 4 is 17.2 Å². The van der Waals surface area contributed by atoms with Gasteiger partial charge in [0.1, 0.15) is 5.65 Å². The maximum Gasteiger partial charge on any atom is 0.221 e. The lowest BCUT2D eigenvalue weighted by molar-refractivity contribution is -0.121. The minimum atomic E-state index is -0.0836. The molecule has 164 valence electrons. The Morgan fingerprint density at radius 2 is 1.78 bits per heavy atom. The van der Waals surface area contributed by atoms with Crippen LogP contribution in [-0.4, -0.2) is 35.9 Å². The first-order valence-corrected chi connectivity index (χ1v) is 11.0. The summed E-state index contributed by atoms with van der Waals surface area (Å²) >= 11 is 0. The number of aryl methyl sites for hydroxylation is 1. The van der Waals surface area contributed by atoms with Crippen LogP contribution in [-0.2, 0) is 11.2 Å². The molecule has 0 aliphatic carbocycles. The topological polar surface area (TPSA) is 49.6 Å². The number of carbonyl (C=O) groups excluding carboxylic acids is 1. The summed E-state index contributed by atoms with van der Waals surface area (Å²) in [6, 6.07) is 22.8. The highest BCUT2D eigenvalue weighted by atomic mass is 16.1. The fourth-order valence-corrected chi connectivity index (χ4v) is 4.07. The van der Waals surface area contributed by atoms with Gasteiger partial charge >= 0.3 is 0 Å². The molecule has 0 spiro atoms. The zero-order valence-corrected chi connectivity index (χ0v) is 19.0. The van der Waals surface area contributed by atoms with Gasteiger partial charge in [0, 0.05) is 51.1 Å². The zero-order valence-electron chi connectivity index (χ0n) is 19.0. The number of rotatable bonds is 8. The van der Waals surface area contributed by atoms with Crippen molar-refractivity contribution in [2.75, 3.05) is 25.5 Å². The van der Waals surface area contributed by atoms with E-state index in [0.29, 0.717) is 13.0 Å². The molecule has 1 N–H and O–H groups in total. The molecule has 2 heterocycles. The monoisotopic (exact) mass is 426 g/mol. The van der Waals surface area contributed by atoms with Crippen LogP contribution in [0.4, 0.5) is 5.69 Å². The summed E-state index contributed by atoms with van der Waals surface area (Å²) in [6.45, 7) is 2.69. The third kappa shape index (κ3) is 4.83. The molecule has 1 amide bonds. The number of fused-ring (bicyclic) bond motifs is 1. The fourth-order valence-electron chi connectivity index (χ4n) is 4.07. The van der Waals surface area contributed by atoms with Gasteiger partial charge in [0.15, 0.2) is 0 Å². The van der Waals surface area contributed by atoms with Crippen LogP contribution >= 0.6 is 0 Å². The predicted molar refractivity (Wildman–Crippen MR) is 130 cm³/mol. The standard InChI is InChI=1S/C27H30N4O/c1-20-8-7-17-31-25(19-29-27(20)31)24(22-11-13-23(14-12-22)30(2)3)18-26(32)28-16-15-21-9-5-4-6-10-21/h4-14,17,19,24H,15-16,18H2,1-3H3,(H,28,32). The summed E-state index contributed by atoms with van der Waals surface area (Å²) in [6.07, 6.45) is 5.13. The third-order valence-electron chi connectivity index (χ3n) is 5.90. The van der Waals surface area contributed by atoms with Gasteiger partial charge in [-0.15, -0.1) is 0 Å². The summed E-state index contributed by atoms with van der Waals surface area (Å²) in [5, 5.41) is 3.11. The Morgan fingerprint density at radius 1 is 1.03 bits per heavy atom. The Labute approximate surface area is 189 Å². The van der Waals surface area contributed by atoms with Crippen LogP contribution in [0.25, 0.3) is 5.65 Å². The van der Waals surface area contributed by atoms with Crippen molar-refractivity contribution < 1.29 is 4.79 Å². The molecule has 4 aromatic rings. The molecule has 0 saturated heterocycles. The Balaban J connectivity index is 1.57. The minimum Gasteiger partial charge on any atom is -0.378 e. The van der Waals surface area contributed by atoms with Crippen molar-refractivity contribution in [1.29, 1.82) is 0 Å². The number of imidazole rings is 1. The number of benzene rings is 2. The van der Waals surface area contributed by atoms with Crippen LogP contribution in [0.5, 0.6) is 0 Å². The fraction of sp³-hybridized carbons (Fsp3) is 0.259. The maximum absolute atomic E-state index is 12.9. The molecular formula is C27H30N4O. The van der Waals surface area contributed by atoms with E-state index in [9.17, 15) is 4.79 Å². The molecule has 0 fully saturated rings. The quantitative estimate of drug-likeness (QED) is 0.448. The average molecular weight is 427 g/mol. The lowest BCUT2D eigenvalue weighted by Gasteiger charge is -2.19. The molecule has 2 aromatic heterocycles. The molecule has 0 radical (unpaired) electrons. The number of amides is 1. The van der Waals surface area contributed by atoms with Gasteiger partial charge in [0.25, 0.3) is 0 Å². The average Bonchev–Trinajstić information content (AvgIpc) is 3.23. The maximum atomic E-state index is 12.9. The Hall–Kier alpha value is -3.60. The highest BCUT2D eigenvalue weighted by Gasteiger charge is 2.22. The molecule has 32 heavy (non-hydrogen) atoms. The third-order valence-corrected chi connectivity index (χ3v) is 5.90. The lowest BCUT2D eigenvalue weighted by Crippen LogP contribution is -2.27. The minimum absolute atomic E-state index is 0.0465. The van der Waals surface area contributed by atoms with Crippen LogP contribution in [0.15, 0.2) is 79.1 Å². The van der Waals surface area contributed by atoms with Gasteiger partial charge in [-0.05, 0) is 48.2 Å². The van der Waals surface area contributed by atoms with Crippen LogP contribution < -0.4 is 10.2 Å². The van der Waals surface area contributed by atoms with E-state index in [4.69, 9.17) is 0 Å². The number of pyridine rings is 1. The number of hydrogen-bond acceptors (Lipinski definition) is 3. The normalized spacial score (nSPS) is 12.0. The van der Waals surface area contributed by atoms with Gasteiger partial charge in [-0.3, -0.25) is 4.79 Å². The number of nitrogens with zero attached hydrogens (tertiary/aromatic N) is 3. The van der Waals surface area contributed by atoms with Crippen LogP contribution in [0.2, 0.25) is 0 Å². The smallest absolute Gasteiger partial charge is 0.221 e. The number of nitrogens with one attached hydrogen (secondary N) is 1. The van der Waals surface area contributed by atoms with E-state index in [1.54, 1.807) is 0 Å². The van der Waals surface area contributed by atoms with Crippen molar-refractivity contribution in [3.8, 4) is 0 Å². The number of hydrogen-bond donors (Lipinski definition) is 1. The van der Waals surface area contributed by atoms with Crippen LogP contribution in [0.3, 0.4) is 0 Å². The number of aromatic nitrogens is 2. The predicted octanol–water partition coefficient (Wildman–Crippen LogP) is 4.59. The van der Waals surface area contributed by atoms with E-state index in [2.05, 4.69) is 69.0 Å². The molecule has 1 unspecified atom stereocenters. The Kier molecular flexibility index (Phi) is 6.55. The molecule has 5 heteroatoms. The molecule has 1 atom stereocenters. The Bertz CT molecular complexity index is 1180. The SMILES string of the molecule is Cc1cccn2c(C(CC(=O)NCCc3ccccc3)c3ccc(N(C)C)cc3)cnc12. The molecule has 0 saturated carbocycles. The molecule has 0 aliphatic rings. The second kappa shape index (κ2) is 9.69. The lowest BCUT2D eigenvalue weighted by atomic mass is 9.92. The number of anilines is 1. The molecule has 2 aromatic carbocycles. The van der Waals surface area contributed by atoms with E-state index in [1.165, 1.54) is 5.56 Å². The van der Waals surface area contributed by atoms with Gasteiger partial charge in [-0.1, -0.05) is 48.5 Å². The molecule has 4 rings (SSSR count). The van der Waals surface area contributed by atoms with Gasteiger partial charge in [0.05, 0.1) is 5.69 Å². The van der Waals surface area contributed by atoms with E-state index in [0.717, 1.165) is 34.6 Å². The first kappa shape index (κ1) is 21.6. The second-order valence-electron chi connectivity index (χ2n) is 8.40. The summed E-state index contributed by atoms with van der Waals surface area (Å²) in [7, 11) is 4.06. The highest BCUT2D eigenvalue weighted by molar-refractivity contribution is 5.77. The highest BCUT2D eigenvalue weighted by Crippen LogP contribution is 2.30. The Morgan fingerprint density at radius 3 is 2.50 bits per heavy atom. The largest absolute Gasteiger partial charge is 0.378 e. The van der Waals surface area contributed by atoms with Gasteiger partial charge in [0.2, 0.25) is 5.91 Å². The van der Waals surface area contributed by atoms with Crippen LogP contribution in [0, 0.1) is 6.92 Å². The molecular weight excluding hydrogens is 396 g/mol. The summed E-state index contributed by atoms with van der Waals surface area (Å²) < 4.78 is 2.11. The van der Waals surface area contributed by atoms with Crippen molar-refractivity contribution in [2.45, 2.75) is 25.7 Å². The van der Waals surface area contributed by atoms with Crippen molar-refractivity contribution in [3.05, 3.63) is 102 Å². The number of carbonyl (C=O) groups is 1. The first-order chi connectivity index (χ1) is 15.5. The summed E-state index contributed by atoms with van der Waals surface area (Å²) in [4.78, 5) is 19.7. The zero-order chi connectivity index (χ0) is 22.5. The van der Waals surface area contributed by atoms with E-state index in [1.807, 2.05) is 50.8 Å². The second-order valence-corrected chi connectivity index (χ2v) is 8.40. The summed E-state index contributed by atoms with van der Waals surface area (Å²) in [5.41, 5.74) is 6.54. The van der Waals surface area contributed by atoms with Gasteiger partial charge < -0.3 is 14.6 Å². The van der Waals surface area contributed by atoms with Crippen molar-refractivity contribution in [2.24, 2.45) is 0 Å². The van der Waals surface area contributed by atoms with Crippen molar-refractivity contribution in [3.63, 3.8) is 0 Å². The molecule has 0 bridgehead atoms. The molecule has 0 aliphatic heterocycles. The van der Waals surface area contributed by atoms with E-state index >= 15 is 0 Å². The van der Waals surface area contributed by atoms with E-state index < -0.39 is 0 Å². The van der Waals surface area contributed by atoms with Gasteiger partial charge in [-0.2, -0.15) is 0 Å².